The van der Waals surface area contributed by atoms with Crippen LogP contribution in [0.4, 0.5) is 0 Å². The van der Waals surface area contributed by atoms with E-state index in [0.29, 0.717) is 0 Å². The highest BCUT2D eigenvalue weighted by molar-refractivity contribution is 7.99. The number of ketones is 2. The molecule has 21 aliphatic heterocycles. The SMILES string of the molecule is CCC(CSCC1O[C@@H]2O[C@@H]3C(CO)O[C@H](O[C@@H]4C(CO)O[C@H](O[C@@H]5C(CO)O[C@H](O[C@@H]6C(CSCC(CC(=O)CCOCCOCCC(C)=O)C(=O)O)O[C@H](O[C@@H]7C(CO)O[C@H](O[C@@H]8C(CO)O[C@H](O[C@H]1[C@H](O)C2O)C(O)[C@H]8O)C(O)[C@H]7O)[C@@H](O)C6O)C(O)[C@H]5O)C(O)[C@H]4O)C(O)[C@H]3O)C(=O)O. The molecule has 103 heavy (non-hydrogen) atoms. The fraction of sp³-hybridized carbons (Fsp3) is 0.933. The Bertz CT molecular complexity index is 2610. The topological polar surface area (TPSA) is 641 Å². The maximum absolute atomic E-state index is 13.0. The first-order chi connectivity index (χ1) is 49.0. The Morgan fingerprint density at radius 1 is 0.330 bits per heavy atom. The summed E-state index contributed by atoms with van der Waals surface area (Å²) in [6.07, 6.45) is -72.7. The Morgan fingerprint density at radius 3 is 0.796 bits per heavy atom. The molecule has 21 heterocycles. The van der Waals surface area contributed by atoms with E-state index < -0.39 is 290 Å². The number of Topliss-reactive ketones (excluding diaryl/α,β-unsaturated/α-hetero) is 2. The van der Waals surface area contributed by atoms with Crippen molar-refractivity contribution in [3.8, 4) is 0 Å². The quantitative estimate of drug-likeness (QED) is 0.0340. The predicted molar refractivity (Wildman–Crippen MR) is 333 cm³/mol. The van der Waals surface area contributed by atoms with Gasteiger partial charge in [0.2, 0.25) is 0 Å². The number of carboxylic acid groups (broad SMARTS) is 2. The number of rotatable bonds is 27. The molecule has 21 aliphatic rings. The van der Waals surface area contributed by atoms with Gasteiger partial charge in [0.15, 0.2) is 44.0 Å². The van der Waals surface area contributed by atoms with Gasteiger partial charge in [-0.3, -0.25) is 19.2 Å². The normalized spacial score (nSPS) is 44.9. The van der Waals surface area contributed by atoms with Crippen LogP contribution in [0, 0.1) is 11.8 Å². The maximum Gasteiger partial charge on any atom is 0.307 e. The first kappa shape index (κ1) is 86.2. The number of hydrogen-bond acceptors (Lipinski definition) is 41. The molecular weight excluding hydrogens is 1440 g/mol. The molecule has 43 heteroatoms. The number of ether oxygens (including phenoxy) is 16. The summed E-state index contributed by atoms with van der Waals surface area (Å²) < 4.78 is 93.4. The summed E-state index contributed by atoms with van der Waals surface area (Å²) in [4.78, 5) is 48.8. The van der Waals surface area contributed by atoms with Crippen molar-refractivity contribution < 1.29 is 202 Å². The largest absolute Gasteiger partial charge is 0.481 e. The maximum atomic E-state index is 13.0. The number of hydrogen-bond donors (Lipinski definition) is 21. The van der Waals surface area contributed by atoms with Gasteiger partial charge in [0.1, 0.15) is 170 Å². The van der Waals surface area contributed by atoms with E-state index in [1.165, 1.54) is 6.92 Å². The van der Waals surface area contributed by atoms with Gasteiger partial charge in [-0.1, -0.05) is 6.92 Å². The van der Waals surface area contributed by atoms with Crippen molar-refractivity contribution in [1.82, 2.24) is 0 Å². The smallest absolute Gasteiger partial charge is 0.307 e. The van der Waals surface area contributed by atoms with Gasteiger partial charge in [0.25, 0.3) is 0 Å². The molecule has 21 fully saturated rings. The number of carbonyl (C=O) groups is 4. The van der Waals surface area contributed by atoms with Crippen LogP contribution in [0.15, 0.2) is 0 Å². The molecule has 0 aromatic rings. The van der Waals surface area contributed by atoms with Crippen LogP contribution in [0.2, 0.25) is 0 Å². The molecule has 21 rings (SSSR count). The van der Waals surface area contributed by atoms with Crippen LogP contribution in [0.25, 0.3) is 0 Å². The van der Waals surface area contributed by atoms with Gasteiger partial charge in [-0.2, -0.15) is 23.5 Å². The lowest BCUT2D eigenvalue weighted by Crippen LogP contribution is -2.68. The van der Waals surface area contributed by atoms with Crippen LogP contribution in [-0.4, -0.2) is 428 Å². The van der Waals surface area contributed by atoms with Crippen LogP contribution >= 0.6 is 23.5 Å². The van der Waals surface area contributed by atoms with E-state index in [2.05, 4.69) is 0 Å². The third-order valence-electron chi connectivity index (χ3n) is 18.8. The molecule has 0 radical (unpaired) electrons. The van der Waals surface area contributed by atoms with Crippen molar-refractivity contribution in [2.45, 2.75) is 254 Å². The van der Waals surface area contributed by atoms with E-state index in [1.807, 2.05) is 0 Å². The number of aliphatic hydroxyl groups excluding tert-OH is 19. The number of aliphatic hydroxyl groups is 19. The first-order valence-electron chi connectivity index (χ1n) is 33.5. The summed E-state index contributed by atoms with van der Waals surface area (Å²) in [5, 5.41) is 237. The summed E-state index contributed by atoms with van der Waals surface area (Å²) in [7, 11) is 0. The minimum absolute atomic E-state index is 0.0656. The molecule has 0 aromatic heterocycles. The van der Waals surface area contributed by atoms with Gasteiger partial charge in [-0.05, 0) is 13.3 Å². The second-order valence-electron chi connectivity index (χ2n) is 26.0. The van der Waals surface area contributed by atoms with Crippen molar-refractivity contribution in [3.05, 3.63) is 0 Å². The third-order valence-corrected chi connectivity index (χ3v) is 21.2. The highest BCUT2D eigenvalue weighted by Crippen LogP contribution is 2.40. The number of carboxylic acids is 2. The molecule has 0 saturated carbocycles. The molecule has 0 spiro atoms. The first-order valence-corrected chi connectivity index (χ1v) is 35.8. The average molecular weight is 1540 g/mol. The van der Waals surface area contributed by atoms with E-state index >= 15 is 0 Å². The van der Waals surface area contributed by atoms with E-state index in [0.717, 1.165) is 23.5 Å². The Kier molecular flexibility index (Phi) is 33.5. The Labute approximate surface area is 596 Å². The van der Waals surface area contributed by atoms with Crippen molar-refractivity contribution in [3.63, 3.8) is 0 Å². The monoisotopic (exact) mass is 1540 g/mol. The molecule has 0 aromatic carbocycles. The van der Waals surface area contributed by atoms with Gasteiger partial charge in [-0.25, -0.2) is 0 Å². The summed E-state index contributed by atoms with van der Waals surface area (Å²) in [5.74, 6) is -6.75. The molecule has 14 bridgehead atoms. The predicted octanol–water partition coefficient (Wildman–Crippen LogP) is -11.6. The average Bonchev–Trinajstić information content (AvgIpc) is 0.785. The van der Waals surface area contributed by atoms with Crippen LogP contribution in [-0.2, 0) is 95.0 Å². The molecule has 21 saturated heterocycles. The van der Waals surface area contributed by atoms with E-state index in [9.17, 15) is 126 Å². The van der Waals surface area contributed by atoms with E-state index in [-0.39, 0.29) is 68.7 Å². The summed E-state index contributed by atoms with van der Waals surface area (Å²) in [6.45, 7) is -2.28. The minimum atomic E-state index is -2.31. The summed E-state index contributed by atoms with van der Waals surface area (Å²) >= 11 is 1.73. The second-order valence-corrected chi connectivity index (χ2v) is 28.2. The standard InChI is InChI=1S/C60H98O41S2/c1-3-21(52(82)83)16-102-18-29-50-36(73)43(80)59(93-29)98-48-27(14-64)89-55(39(76)32(48)69)95-45-24(11-61)88-54(38(75)31(45)68)96-46-26(13-63)92-58(42(79)35(46)72)101-51-30(19-103-17-22(53(84)85)10-23(67)5-7-87-9-8-86-6-4-20(2)66)94-60(44(81)37(51)74)99-49-28(15-65)90-56(40(77)33(49)70)97-47-25(12-62)91-57(100-50)41(78)34(47)71/h21-22,24-51,54-65,68-81H,3-19H2,1-2H3,(H,82,83)(H,84,85)/t21?,22?,24?,25?,26?,27?,28?,29?,30?,31-,32-,33-,34-,35-,36-,37?,38?,39?,40?,41?,42?,43?,44+,45-,46-,47-,48-,49-,50-,51-,54-,55-,56-,57-,58-,59-,60-/m1/s1. The fourth-order valence-corrected chi connectivity index (χ4v) is 15.2. The molecule has 16 unspecified atom stereocenters. The fourth-order valence-electron chi connectivity index (χ4n) is 12.7. The van der Waals surface area contributed by atoms with Gasteiger partial charge in [-0.15, -0.1) is 0 Å². The van der Waals surface area contributed by atoms with Gasteiger partial charge in [0.05, 0.1) is 83.5 Å². The van der Waals surface area contributed by atoms with Crippen LogP contribution < -0.4 is 0 Å². The molecule has 41 nitrogen and oxygen atoms in total. The van der Waals surface area contributed by atoms with Crippen molar-refractivity contribution in [1.29, 1.82) is 0 Å². The Morgan fingerprint density at radius 2 is 0.563 bits per heavy atom. The van der Waals surface area contributed by atoms with Crippen LogP contribution in [0.5, 0.6) is 0 Å². The lowest BCUT2D eigenvalue weighted by molar-refractivity contribution is -0.395. The summed E-state index contributed by atoms with van der Waals surface area (Å²) in [5.41, 5.74) is 0. The van der Waals surface area contributed by atoms with Gasteiger partial charge >= 0.3 is 11.9 Å². The zero-order valence-corrected chi connectivity index (χ0v) is 57.4. The molecule has 0 amide bonds. The lowest BCUT2D eigenvalue weighted by Gasteiger charge is -2.50. The molecule has 37 atom stereocenters. The highest BCUT2D eigenvalue weighted by Gasteiger charge is 2.60. The van der Waals surface area contributed by atoms with Gasteiger partial charge < -0.3 is 183 Å². The van der Waals surface area contributed by atoms with E-state index in [4.69, 9.17) is 75.8 Å². The van der Waals surface area contributed by atoms with Gasteiger partial charge in [0, 0.05) is 42.3 Å². The Hall–Kier alpha value is -2.42. The second kappa shape index (κ2) is 40.0. The van der Waals surface area contributed by atoms with Crippen LogP contribution in [0.3, 0.4) is 0 Å². The zero-order chi connectivity index (χ0) is 75.4. The highest BCUT2D eigenvalue weighted by atomic mass is 32.2. The van der Waals surface area contributed by atoms with E-state index in [1.54, 1.807) is 6.92 Å². The number of carbonyl (C=O) groups excluding carboxylic acids is 2. The van der Waals surface area contributed by atoms with Crippen LogP contribution in [0.1, 0.15) is 39.5 Å². The number of thioether (sulfide) groups is 2. The molecule has 596 valence electrons. The lowest BCUT2D eigenvalue weighted by atomic mass is 9.95. The molecule has 21 N–H and O–H groups in total. The Balaban J connectivity index is 1.08. The van der Waals surface area contributed by atoms with Crippen molar-refractivity contribution in [2.75, 3.05) is 82.5 Å². The third kappa shape index (κ3) is 21.0. The minimum Gasteiger partial charge on any atom is -0.481 e. The summed E-state index contributed by atoms with van der Waals surface area (Å²) in [6, 6.07) is 0. The molecule has 0 aliphatic carbocycles. The van der Waals surface area contributed by atoms with Crippen molar-refractivity contribution >= 4 is 47.0 Å². The van der Waals surface area contributed by atoms with Crippen molar-refractivity contribution in [2.24, 2.45) is 11.8 Å². The number of aliphatic carboxylic acids is 2. The zero-order valence-electron chi connectivity index (χ0n) is 55.8. The molecular formula is C60H98O41S2.